The van der Waals surface area contributed by atoms with E-state index in [4.69, 9.17) is 0 Å². The van der Waals surface area contributed by atoms with E-state index in [2.05, 4.69) is 18.5 Å². The van der Waals surface area contributed by atoms with Gasteiger partial charge in [-0.15, -0.1) is 0 Å². The molecule has 0 saturated heterocycles. The lowest BCUT2D eigenvalue weighted by Gasteiger charge is -2.08. The largest absolute Gasteiger partial charge is 0.471 e. The fourth-order valence-electron chi connectivity index (χ4n) is 1.73. The first-order chi connectivity index (χ1) is 10.8. The van der Waals surface area contributed by atoms with Gasteiger partial charge in [-0.1, -0.05) is 37.8 Å². The number of nitrogens with one attached hydrogen (secondary N) is 2. The van der Waals surface area contributed by atoms with Gasteiger partial charge in [0.05, 0.1) is 0 Å². The molecule has 2 amide bonds. The second-order valence-electron chi connectivity index (χ2n) is 4.85. The Morgan fingerprint density at radius 1 is 0.957 bits per heavy atom. The monoisotopic (exact) mass is 332 g/mol. The molecule has 0 heterocycles. The Hall–Kier alpha value is -2.05. The van der Waals surface area contributed by atoms with E-state index in [1.807, 2.05) is 6.08 Å². The van der Waals surface area contributed by atoms with Crippen molar-refractivity contribution in [1.29, 1.82) is 0 Å². The number of carbonyl (C=O) groups excluding carboxylic acids is 2. The van der Waals surface area contributed by atoms with Crippen LogP contribution in [-0.4, -0.2) is 31.1 Å². The summed E-state index contributed by atoms with van der Waals surface area (Å²) in [4.78, 5) is 22.1. The molecular weight excluding hydrogens is 309 g/mol. The van der Waals surface area contributed by atoms with Gasteiger partial charge >= 0.3 is 12.1 Å². The third-order valence-corrected chi connectivity index (χ3v) is 2.95. The van der Waals surface area contributed by atoms with Crippen molar-refractivity contribution in [2.24, 2.45) is 0 Å². The smallest absolute Gasteiger partial charge is 0.356 e. The number of rotatable bonds is 11. The van der Waals surface area contributed by atoms with Crippen molar-refractivity contribution in [2.75, 3.05) is 13.1 Å². The quantitative estimate of drug-likeness (QED) is 0.451. The summed E-state index contributed by atoms with van der Waals surface area (Å²) in [6.45, 7) is 7.68. The number of halogens is 3. The van der Waals surface area contributed by atoms with Crippen molar-refractivity contribution in [2.45, 2.75) is 38.3 Å². The molecule has 4 nitrogen and oxygen atoms in total. The van der Waals surface area contributed by atoms with Crippen LogP contribution < -0.4 is 10.6 Å². The van der Waals surface area contributed by atoms with E-state index in [9.17, 15) is 22.8 Å². The Labute approximate surface area is 134 Å². The topological polar surface area (TPSA) is 58.2 Å². The van der Waals surface area contributed by atoms with E-state index < -0.39 is 12.1 Å². The van der Waals surface area contributed by atoms with Gasteiger partial charge in [-0.25, -0.2) is 0 Å². The molecule has 2 N–H and O–H groups in total. The fraction of sp³-hybridized carbons (Fsp3) is 0.500. The Kier molecular flexibility index (Phi) is 10.5. The molecule has 0 fully saturated rings. The average molecular weight is 332 g/mol. The van der Waals surface area contributed by atoms with Crippen LogP contribution in [0.2, 0.25) is 0 Å². The van der Waals surface area contributed by atoms with Crippen molar-refractivity contribution in [3.05, 3.63) is 37.0 Å². The lowest BCUT2D eigenvalue weighted by molar-refractivity contribution is -0.173. The van der Waals surface area contributed by atoms with Crippen LogP contribution in [0.3, 0.4) is 0 Å². The molecule has 0 atom stereocenters. The van der Waals surface area contributed by atoms with Gasteiger partial charge < -0.3 is 10.6 Å². The predicted octanol–water partition coefficient (Wildman–Crippen LogP) is 3.03. The van der Waals surface area contributed by atoms with Crippen LogP contribution in [0.25, 0.3) is 0 Å². The molecule has 0 radical (unpaired) electrons. The molecule has 23 heavy (non-hydrogen) atoms. The highest BCUT2D eigenvalue weighted by Crippen LogP contribution is 2.14. The Balaban J connectivity index is 3.65. The van der Waals surface area contributed by atoms with E-state index >= 15 is 0 Å². The number of unbranched alkanes of at least 4 members (excludes halogenated alkanes) is 2. The first-order valence-corrected chi connectivity index (χ1v) is 7.37. The van der Waals surface area contributed by atoms with Crippen LogP contribution in [-0.2, 0) is 9.59 Å². The molecule has 0 aliphatic rings. The Morgan fingerprint density at radius 2 is 1.65 bits per heavy atom. The minimum atomic E-state index is -4.84. The third kappa shape index (κ3) is 11.2. The van der Waals surface area contributed by atoms with Gasteiger partial charge in [-0.3, -0.25) is 9.59 Å². The summed E-state index contributed by atoms with van der Waals surface area (Å²) in [6.07, 6.45) is 2.81. The molecule has 0 bridgehead atoms. The standard InChI is InChI=1S/C16H23F3N2O2/c1-3-8-13(4-2)10-12-20-14(22)9-6-5-7-11-21-15(23)16(17,18)19/h3-4,8H,1-2,5-7,9-12H2,(H,20,22)(H,21,23)/b13-8+. The van der Waals surface area contributed by atoms with Gasteiger partial charge in [0, 0.05) is 19.5 Å². The summed E-state index contributed by atoms with van der Waals surface area (Å²) in [5.41, 5.74) is 0.973. The minimum absolute atomic E-state index is 0.0466. The molecule has 0 saturated carbocycles. The van der Waals surface area contributed by atoms with Crippen molar-refractivity contribution in [3.8, 4) is 0 Å². The molecule has 0 aliphatic carbocycles. The molecule has 0 spiro atoms. The summed E-state index contributed by atoms with van der Waals surface area (Å²) in [6, 6.07) is 0. The zero-order valence-corrected chi connectivity index (χ0v) is 13.0. The van der Waals surface area contributed by atoms with Crippen LogP contribution in [0.15, 0.2) is 37.0 Å². The molecule has 130 valence electrons. The average Bonchev–Trinajstić information content (AvgIpc) is 2.48. The highest BCUT2D eigenvalue weighted by Gasteiger charge is 2.38. The van der Waals surface area contributed by atoms with E-state index in [0.717, 1.165) is 5.57 Å². The molecule has 7 heteroatoms. The van der Waals surface area contributed by atoms with Crippen LogP contribution in [0.5, 0.6) is 0 Å². The van der Waals surface area contributed by atoms with E-state index in [0.29, 0.717) is 38.6 Å². The normalized spacial score (nSPS) is 11.7. The van der Waals surface area contributed by atoms with Crippen LogP contribution in [0, 0.1) is 0 Å². The molecule has 0 aromatic carbocycles. The Morgan fingerprint density at radius 3 is 2.22 bits per heavy atom. The van der Waals surface area contributed by atoms with Crippen LogP contribution >= 0.6 is 0 Å². The van der Waals surface area contributed by atoms with Crippen molar-refractivity contribution in [3.63, 3.8) is 0 Å². The van der Waals surface area contributed by atoms with Gasteiger partial charge in [-0.05, 0) is 24.8 Å². The van der Waals surface area contributed by atoms with Crippen molar-refractivity contribution >= 4 is 11.8 Å². The summed E-state index contributed by atoms with van der Waals surface area (Å²) < 4.78 is 35.7. The molecule has 0 aromatic rings. The number of amides is 2. The zero-order chi connectivity index (χ0) is 17.7. The number of allylic oxidation sites excluding steroid dienone is 3. The van der Waals surface area contributed by atoms with Crippen molar-refractivity contribution < 1.29 is 22.8 Å². The number of alkyl halides is 3. The molecule has 0 unspecified atom stereocenters. The molecular formula is C16H23F3N2O2. The number of carbonyl (C=O) groups is 2. The van der Waals surface area contributed by atoms with Crippen LogP contribution in [0.1, 0.15) is 32.1 Å². The molecule has 0 rings (SSSR count). The molecule has 0 aromatic heterocycles. The van der Waals surface area contributed by atoms with Crippen LogP contribution in [0.4, 0.5) is 13.2 Å². The summed E-state index contributed by atoms with van der Waals surface area (Å²) in [7, 11) is 0. The second kappa shape index (κ2) is 11.5. The van der Waals surface area contributed by atoms with E-state index in [1.54, 1.807) is 17.5 Å². The van der Waals surface area contributed by atoms with Gasteiger partial charge in [0.2, 0.25) is 5.91 Å². The number of hydrogen-bond donors (Lipinski definition) is 2. The lowest BCUT2D eigenvalue weighted by atomic mass is 10.1. The second-order valence-corrected chi connectivity index (χ2v) is 4.85. The number of hydrogen-bond acceptors (Lipinski definition) is 2. The maximum absolute atomic E-state index is 11.9. The highest BCUT2D eigenvalue weighted by atomic mass is 19.4. The summed E-state index contributed by atoms with van der Waals surface area (Å²) in [5.74, 6) is -2.04. The third-order valence-electron chi connectivity index (χ3n) is 2.95. The van der Waals surface area contributed by atoms with Gasteiger partial charge in [0.15, 0.2) is 0 Å². The van der Waals surface area contributed by atoms with Crippen molar-refractivity contribution in [1.82, 2.24) is 10.6 Å². The lowest BCUT2D eigenvalue weighted by Crippen LogP contribution is -2.37. The summed E-state index contributed by atoms with van der Waals surface area (Å²) in [5, 5.41) is 4.54. The maximum atomic E-state index is 11.9. The van der Waals surface area contributed by atoms with E-state index in [-0.39, 0.29) is 12.5 Å². The summed E-state index contributed by atoms with van der Waals surface area (Å²) >= 11 is 0. The van der Waals surface area contributed by atoms with Gasteiger partial charge in [-0.2, -0.15) is 13.2 Å². The van der Waals surface area contributed by atoms with Gasteiger partial charge in [0.25, 0.3) is 0 Å². The first kappa shape index (κ1) is 20.9. The van der Waals surface area contributed by atoms with E-state index in [1.165, 1.54) is 0 Å². The zero-order valence-electron chi connectivity index (χ0n) is 13.0. The minimum Gasteiger partial charge on any atom is -0.356 e. The Bertz CT molecular complexity index is 443. The molecule has 0 aliphatic heterocycles. The maximum Gasteiger partial charge on any atom is 0.471 e. The first-order valence-electron chi connectivity index (χ1n) is 7.37. The fourth-order valence-corrected chi connectivity index (χ4v) is 1.73. The predicted molar refractivity (Wildman–Crippen MR) is 83.6 cm³/mol. The SMILES string of the molecule is C=C/C=C(\C=C)CCNC(=O)CCCCCNC(=O)C(F)(F)F. The van der Waals surface area contributed by atoms with Gasteiger partial charge in [0.1, 0.15) is 0 Å². The highest BCUT2D eigenvalue weighted by molar-refractivity contribution is 5.81.